The molecule has 0 saturated carbocycles. The minimum atomic E-state index is 0.232. The summed E-state index contributed by atoms with van der Waals surface area (Å²) in [5.74, 6) is 1.52. The molecule has 2 heterocycles. The molecule has 0 spiro atoms. The number of rotatable bonds is 5. The standard InChI is InChI=1S/C14H20N4/c1-11(2)9-17-14-16-7-8-18(14)12(3)13-5-4-6-15-10-13/h4-8,10-12H,9H2,1-3H3,(H,16,17). The number of nitrogens with zero attached hydrogens (tertiary/aromatic N) is 3. The smallest absolute Gasteiger partial charge is 0.203 e. The number of hydrogen-bond acceptors (Lipinski definition) is 3. The topological polar surface area (TPSA) is 42.7 Å². The second-order valence-electron chi connectivity index (χ2n) is 4.90. The van der Waals surface area contributed by atoms with Crippen LogP contribution in [0.5, 0.6) is 0 Å². The van der Waals surface area contributed by atoms with Gasteiger partial charge in [-0.2, -0.15) is 0 Å². The van der Waals surface area contributed by atoms with Gasteiger partial charge in [-0.15, -0.1) is 0 Å². The normalized spacial score (nSPS) is 12.7. The molecule has 2 rings (SSSR count). The van der Waals surface area contributed by atoms with Crippen LogP contribution >= 0.6 is 0 Å². The highest BCUT2D eigenvalue weighted by atomic mass is 15.2. The van der Waals surface area contributed by atoms with E-state index in [-0.39, 0.29) is 6.04 Å². The van der Waals surface area contributed by atoms with Crippen LogP contribution in [-0.2, 0) is 0 Å². The van der Waals surface area contributed by atoms with E-state index >= 15 is 0 Å². The van der Waals surface area contributed by atoms with Crippen LogP contribution < -0.4 is 5.32 Å². The average Bonchev–Trinajstić information content (AvgIpc) is 2.85. The van der Waals surface area contributed by atoms with E-state index in [1.807, 2.05) is 24.7 Å². The fourth-order valence-electron chi connectivity index (χ4n) is 1.84. The molecule has 96 valence electrons. The van der Waals surface area contributed by atoms with Crippen LogP contribution in [0.2, 0.25) is 0 Å². The van der Waals surface area contributed by atoms with Gasteiger partial charge in [0.2, 0.25) is 5.95 Å². The van der Waals surface area contributed by atoms with E-state index in [0.29, 0.717) is 5.92 Å². The van der Waals surface area contributed by atoms with Crippen LogP contribution in [0.25, 0.3) is 0 Å². The van der Waals surface area contributed by atoms with E-state index in [1.54, 1.807) is 6.20 Å². The van der Waals surface area contributed by atoms with Crippen LogP contribution in [0.15, 0.2) is 36.9 Å². The quantitative estimate of drug-likeness (QED) is 0.879. The van der Waals surface area contributed by atoms with Crippen LogP contribution in [0, 0.1) is 5.92 Å². The number of hydrogen-bond donors (Lipinski definition) is 1. The minimum Gasteiger partial charge on any atom is -0.355 e. The van der Waals surface area contributed by atoms with E-state index in [9.17, 15) is 0 Å². The number of nitrogens with one attached hydrogen (secondary N) is 1. The van der Waals surface area contributed by atoms with Gasteiger partial charge in [-0.1, -0.05) is 19.9 Å². The number of imidazole rings is 1. The fraction of sp³-hybridized carbons (Fsp3) is 0.429. The van der Waals surface area contributed by atoms with Crippen molar-refractivity contribution in [1.29, 1.82) is 0 Å². The number of aromatic nitrogens is 3. The van der Waals surface area contributed by atoms with Crippen LogP contribution in [-0.4, -0.2) is 21.1 Å². The largest absolute Gasteiger partial charge is 0.355 e. The summed E-state index contributed by atoms with van der Waals surface area (Å²) in [6.07, 6.45) is 7.52. The molecule has 1 atom stereocenters. The number of anilines is 1. The second-order valence-corrected chi connectivity index (χ2v) is 4.90. The Morgan fingerprint density at radius 3 is 2.78 bits per heavy atom. The van der Waals surface area contributed by atoms with E-state index in [4.69, 9.17) is 0 Å². The Hall–Kier alpha value is -1.84. The molecule has 0 fully saturated rings. The maximum Gasteiger partial charge on any atom is 0.203 e. The van der Waals surface area contributed by atoms with Crippen molar-refractivity contribution in [3.63, 3.8) is 0 Å². The Labute approximate surface area is 108 Å². The highest BCUT2D eigenvalue weighted by Crippen LogP contribution is 2.20. The third-order valence-electron chi connectivity index (χ3n) is 2.92. The molecule has 4 heteroatoms. The highest BCUT2D eigenvalue weighted by Gasteiger charge is 2.11. The average molecular weight is 244 g/mol. The third kappa shape index (κ3) is 2.88. The molecular weight excluding hydrogens is 224 g/mol. The maximum atomic E-state index is 4.37. The molecule has 2 aromatic heterocycles. The van der Waals surface area contributed by atoms with Gasteiger partial charge >= 0.3 is 0 Å². The first-order chi connectivity index (χ1) is 8.68. The molecule has 0 saturated heterocycles. The summed E-state index contributed by atoms with van der Waals surface area (Å²) in [4.78, 5) is 8.53. The molecule has 0 aliphatic rings. The monoisotopic (exact) mass is 244 g/mol. The Morgan fingerprint density at radius 2 is 2.11 bits per heavy atom. The molecule has 1 N–H and O–H groups in total. The van der Waals surface area contributed by atoms with Gasteiger partial charge in [0.05, 0.1) is 6.04 Å². The molecule has 0 amide bonds. The first-order valence-corrected chi connectivity index (χ1v) is 6.35. The van der Waals surface area contributed by atoms with Crippen LogP contribution in [0.4, 0.5) is 5.95 Å². The van der Waals surface area contributed by atoms with Gasteiger partial charge in [-0.25, -0.2) is 4.98 Å². The fourth-order valence-corrected chi connectivity index (χ4v) is 1.84. The Morgan fingerprint density at radius 1 is 1.28 bits per heavy atom. The maximum absolute atomic E-state index is 4.37. The first-order valence-electron chi connectivity index (χ1n) is 6.35. The van der Waals surface area contributed by atoms with E-state index in [2.05, 4.69) is 46.7 Å². The van der Waals surface area contributed by atoms with Crippen molar-refractivity contribution < 1.29 is 0 Å². The lowest BCUT2D eigenvalue weighted by atomic mass is 10.1. The SMILES string of the molecule is CC(C)CNc1nccn1C(C)c1cccnc1. The zero-order chi connectivity index (χ0) is 13.0. The predicted octanol–water partition coefficient (Wildman–Crippen LogP) is 2.96. The van der Waals surface area contributed by atoms with Crippen molar-refractivity contribution in [1.82, 2.24) is 14.5 Å². The number of pyridine rings is 1. The third-order valence-corrected chi connectivity index (χ3v) is 2.92. The van der Waals surface area contributed by atoms with Crippen molar-refractivity contribution >= 4 is 5.95 Å². The van der Waals surface area contributed by atoms with Crippen molar-refractivity contribution in [3.8, 4) is 0 Å². The zero-order valence-corrected chi connectivity index (χ0v) is 11.2. The zero-order valence-electron chi connectivity index (χ0n) is 11.2. The summed E-state index contributed by atoms with van der Waals surface area (Å²) >= 11 is 0. The minimum absolute atomic E-state index is 0.232. The molecule has 0 radical (unpaired) electrons. The summed E-state index contributed by atoms with van der Waals surface area (Å²) in [5.41, 5.74) is 1.18. The molecule has 0 aliphatic heterocycles. The Balaban J connectivity index is 2.16. The van der Waals surface area contributed by atoms with Crippen LogP contribution in [0.3, 0.4) is 0 Å². The molecule has 0 bridgehead atoms. The van der Waals surface area contributed by atoms with Gasteiger partial charge in [0, 0.05) is 31.3 Å². The molecule has 0 aliphatic carbocycles. The summed E-state index contributed by atoms with van der Waals surface area (Å²) in [6.45, 7) is 7.45. The lowest BCUT2D eigenvalue weighted by molar-refractivity contribution is 0.627. The van der Waals surface area contributed by atoms with Crippen molar-refractivity contribution in [2.45, 2.75) is 26.8 Å². The van der Waals surface area contributed by atoms with Gasteiger partial charge in [-0.3, -0.25) is 4.98 Å². The molecule has 18 heavy (non-hydrogen) atoms. The van der Waals surface area contributed by atoms with Gasteiger partial charge in [0.15, 0.2) is 0 Å². The van der Waals surface area contributed by atoms with E-state index < -0.39 is 0 Å². The van der Waals surface area contributed by atoms with Crippen LogP contribution in [0.1, 0.15) is 32.4 Å². The van der Waals surface area contributed by atoms with Gasteiger partial charge < -0.3 is 9.88 Å². The van der Waals surface area contributed by atoms with Crippen molar-refractivity contribution in [2.75, 3.05) is 11.9 Å². The Bertz CT molecular complexity index is 476. The lowest BCUT2D eigenvalue weighted by Crippen LogP contribution is -2.15. The molecule has 0 aromatic carbocycles. The second kappa shape index (κ2) is 5.67. The molecule has 2 aromatic rings. The van der Waals surface area contributed by atoms with Gasteiger partial charge in [0.1, 0.15) is 0 Å². The van der Waals surface area contributed by atoms with Gasteiger partial charge in [-0.05, 0) is 24.5 Å². The van der Waals surface area contributed by atoms with Crippen molar-refractivity contribution in [2.24, 2.45) is 5.92 Å². The highest BCUT2D eigenvalue weighted by molar-refractivity contribution is 5.29. The van der Waals surface area contributed by atoms with Gasteiger partial charge in [0.25, 0.3) is 0 Å². The summed E-state index contributed by atoms with van der Waals surface area (Å²) in [6, 6.07) is 4.28. The summed E-state index contributed by atoms with van der Waals surface area (Å²) < 4.78 is 2.14. The molecule has 4 nitrogen and oxygen atoms in total. The van der Waals surface area contributed by atoms with E-state index in [0.717, 1.165) is 12.5 Å². The Kier molecular flexibility index (Phi) is 3.97. The first kappa shape index (κ1) is 12.6. The lowest BCUT2D eigenvalue weighted by Gasteiger charge is -2.17. The summed E-state index contributed by atoms with van der Waals surface area (Å²) in [5, 5.41) is 3.37. The summed E-state index contributed by atoms with van der Waals surface area (Å²) in [7, 11) is 0. The molecule has 1 unspecified atom stereocenters. The van der Waals surface area contributed by atoms with E-state index in [1.165, 1.54) is 5.56 Å². The molecular formula is C14H20N4. The predicted molar refractivity (Wildman–Crippen MR) is 73.6 cm³/mol. The van der Waals surface area contributed by atoms with Crippen molar-refractivity contribution in [3.05, 3.63) is 42.5 Å².